The summed E-state index contributed by atoms with van der Waals surface area (Å²) in [7, 11) is 0. The predicted octanol–water partition coefficient (Wildman–Crippen LogP) is 4.53. The number of alkyl halides is 1. The normalized spacial score (nSPS) is 15.6. The van der Waals surface area contributed by atoms with Crippen LogP contribution in [0.2, 0.25) is 0 Å². The Bertz CT molecular complexity index is 413. The van der Waals surface area contributed by atoms with Crippen LogP contribution in [0, 0.1) is 5.92 Å². The highest BCUT2D eigenvalue weighted by Crippen LogP contribution is 2.27. The standard InChI is InChI=1S/C16H22BrNO/c17-10-4-8-13-7-3-9-15(11-13)18-16(19)12-14-5-1-2-6-14/h3,7,9,11,14H,1-2,4-6,8,10,12H2,(H,18,19). The maximum absolute atomic E-state index is 12.0. The lowest BCUT2D eigenvalue weighted by molar-refractivity contribution is -0.117. The van der Waals surface area contributed by atoms with Gasteiger partial charge in [-0.2, -0.15) is 0 Å². The van der Waals surface area contributed by atoms with E-state index in [1.165, 1.54) is 31.2 Å². The fraction of sp³-hybridized carbons (Fsp3) is 0.562. The Kier molecular flexibility index (Phi) is 5.90. The van der Waals surface area contributed by atoms with Crippen LogP contribution >= 0.6 is 15.9 Å². The number of nitrogens with one attached hydrogen (secondary N) is 1. The van der Waals surface area contributed by atoms with E-state index in [-0.39, 0.29) is 5.91 Å². The molecule has 19 heavy (non-hydrogen) atoms. The smallest absolute Gasteiger partial charge is 0.224 e. The quantitative estimate of drug-likeness (QED) is 0.765. The summed E-state index contributed by atoms with van der Waals surface area (Å²) in [6.07, 6.45) is 7.89. The molecule has 1 aromatic rings. The lowest BCUT2D eigenvalue weighted by Crippen LogP contribution is -2.15. The second-order valence-corrected chi connectivity index (χ2v) is 6.19. The number of rotatable bonds is 6. The number of benzene rings is 1. The molecule has 0 unspecified atom stereocenters. The predicted molar refractivity (Wildman–Crippen MR) is 83.8 cm³/mol. The molecule has 104 valence electrons. The highest BCUT2D eigenvalue weighted by molar-refractivity contribution is 9.09. The van der Waals surface area contributed by atoms with Gasteiger partial charge >= 0.3 is 0 Å². The number of amides is 1. The molecule has 0 atom stereocenters. The second kappa shape index (κ2) is 7.68. The molecule has 3 heteroatoms. The highest BCUT2D eigenvalue weighted by Gasteiger charge is 2.18. The minimum atomic E-state index is 0.171. The molecule has 1 aromatic carbocycles. The molecule has 1 fully saturated rings. The monoisotopic (exact) mass is 323 g/mol. The Morgan fingerprint density at radius 3 is 2.84 bits per heavy atom. The molecule has 2 nitrogen and oxygen atoms in total. The third kappa shape index (κ3) is 4.98. The van der Waals surface area contributed by atoms with E-state index in [2.05, 4.69) is 33.4 Å². The van der Waals surface area contributed by atoms with Crippen LogP contribution in [0.15, 0.2) is 24.3 Å². The molecule has 2 rings (SSSR count). The van der Waals surface area contributed by atoms with E-state index in [1.54, 1.807) is 0 Å². The van der Waals surface area contributed by atoms with Gasteiger partial charge in [-0.25, -0.2) is 0 Å². The zero-order chi connectivity index (χ0) is 13.5. The van der Waals surface area contributed by atoms with Crippen LogP contribution in [0.25, 0.3) is 0 Å². The van der Waals surface area contributed by atoms with Crippen molar-refractivity contribution in [2.45, 2.75) is 44.9 Å². The minimum absolute atomic E-state index is 0.171. The average Bonchev–Trinajstić information content (AvgIpc) is 2.89. The first-order chi connectivity index (χ1) is 9.28. The van der Waals surface area contributed by atoms with Crippen molar-refractivity contribution in [3.63, 3.8) is 0 Å². The van der Waals surface area contributed by atoms with E-state index in [0.717, 1.165) is 23.9 Å². The molecule has 0 radical (unpaired) electrons. The van der Waals surface area contributed by atoms with Gasteiger partial charge < -0.3 is 5.32 Å². The van der Waals surface area contributed by atoms with Crippen molar-refractivity contribution in [3.8, 4) is 0 Å². The van der Waals surface area contributed by atoms with Crippen molar-refractivity contribution in [1.82, 2.24) is 0 Å². The molecular formula is C16H22BrNO. The molecule has 0 spiro atoms. The van der Waals surface area contributed by atoms with Gasteiger partial charge in [-0.15, -0.1) is 0 Å². The summed E-state index contributed by atoms with van der Waals surface area (Å²) in [6, 6.07) is 8.21. The van der Waals surface area contributed by atoms with Crippen molar-refractivity contribution in [3.05, 3.63) is 29.8 Å². The maximum Gasteiger partial charge on any atom is 0.224 e. The lowest BCUT2D eigenvalue weighted by Gasteiger charge is -2.10. The number of carbonyl (C=O) groups is 1. The molecular weight excluding hydrogens is 302 g/mol. The Hall–Kier alpha value is -0.830. The largest absolute Gasteiger partial charge is 0.326 e. The van der Waals surface area contributed by atoms with Crippen LogP contribution in [0.1, 0.15) is 44.1 Å². The molecule has 0 aliphatic heterocycles. The van der Waals surface area contributed by atoms with E-state index in [9.17, 15) is 4.79 Å². The summed E-state index contributed by atoms with van der Waals surface area (Å²) in [6.45, 7) is 0. The number of carbonyl (C=O) groups excluding carboxylic acids is 1. The van der Waals surface area contributed by atoms with Crippen molar-refractivity contribution in [2.24, 2.45) is 5.92 Å². The number of aryl methyl sites for hydroxylation is 1. The third-order valence-corrected chi connectivity index (χ3v) is 4.32. The summed E-state index contributed by atoms with van der Waals surface area (Å²) in [5.41, 5.74) is 2.23. The Labute approximate surface area is 124 Å². The molecule has 1 N–H and O–H groups in total. The van der Waals surface area contributed by atoms with Gasteiger partial charge in [0.15, 0.2) is 0 Å². The Morgan fingerprint density at radius 2 is 2.11 bits per heavy atom. The Morgan fingerprint density at radius 1 is 1.32 bits per heavy atom. The van der Waals surface area contributed by atoms with Gasteiger partial charge in [0.2, 0.25) is 5.91 Å². The summed E-state index contributed by atoms with van der Waals surface area (Å²) < 4.78 is 0. The van der Waals surface area contributed by atoms with Crippen LogP contribution in [0.3, 0.4) is 0 Å². The zero-order valence-corrected chi connectivity index (χ0v) is 12.9. The van der Waals surface area contributed by atoms with E-state index in [1.807, 2.05) is 12.1 Å². The fourth-order valence-corrected chi connectivity index (χ4v) is 3.04. The Balaban J connectivity index is 1.85. The van der Waals surface area contributed by atoms with Crippen LogP contribution < -0.4 is 5.32 Å². The van der Waals surface area contributed by atoms with E-state index in [4.69, 9.17) is 0 Å². The zero-order valence-electron chi connectivity index (χ0n) is 11.3. The van der Waals surface area contributed by atoms with E-state index < -0.39 is 0 Å². The summed E-state index contributed by atoms with van der Waals surface area (Å²) in [5, 5.41) is 4.05. The number of halogens is 1. The number of anilines is 1. The molecule has 1 aliphatic carbocycles. The van der Waals surface area contributed by atoms with Gasteiger partial charge in [0.25, 0.3) is 0 Å². The first kappa shape index (κ1) is 14.6. The average molecular weight is 324 g/mol. The topological polar surface area (TPSA) is 29.1 Å². The molecule has 1 amide bonds. The molecule has 0 aromatic heterocycles. The van der Waals surface area contributed by atoms with Crippen LogP contribution in [0.4, 0.5) is 5.69 Å². The summed E-state index contributed by atoms with van der Waals surface area (Å²) >= 11 is 3.44. The highest BCUT2D eigenvalue weighted by atomic mass is 79.9. The molecule has 0 saturated heterocycles. The number of hydrogen-bond acceptors (Lipinski definition) is 1. The summed E-state index contributed by atoms with van der Waals surface area (Å²) in [4.78, 5) is 12.0. The van der Waals surface area contributed by atoms with Gasteiger partial charge in [-0.1, -0.05) is 40.9 Å². The SMILES string of the molecule is O=C(CC1CCCC1)Nc1cccc(CCCBr)c1. The van der Waals surface area contributed by atoms with Crippen molar-refractivity contribution in [1.29, 1.82) is 0 Å². The number of hydrogen-bond donors (Lipinski definition) is 1. The first-order valence-electron chi connectivity index (χ1n) is 7.22. The van der Waals surface area contributed by atoms with E-state index in [0.29, 0.717) is 12.3 Å². The van der Waals surface area contributed by atoms with Crippen LogP contribution in [0.5, 0.6) is 0 Å². The van der Waals surface area contributed by atoms with Crippen molar-refractivity contribution >= 4 is 27.5 Å². The maximum atomic E-state index is 12.0. The van der Waals surface area contributed by atoms with Crippen molar-refractivity contribution < 1.29 is 4.79 Å². The molecule has 1 saturated carbocycles. The third-order valence-electron chi connectivity index (χ3n) is 3.76. The second-order valence-electron chi connectivity index (χ2n) is 5.40. The molecule has 0 bridgehead atoms. The van der Waals surface area contributed by atoms with Gasteiger partial charge in [0.05, 0.1) is 0 Å². The van der Waals surface area contributed by atoms with Gasteiger partial charge in [0.1, 0.15) is 0 Å². The summed E-state index contributed by atoms with van der Waals surface area (Å²) in [5.74, 6) is 0.779. The van der Waals surface area contributed by atoms with Gasteiger partial charge in [-0.05, 0) is 49.3 Å². The van der Waals surface area contributed by atoms with Gasteiger partial charge in [-0.3, -0.25) is 4.79 Å². The van der Waals surface area contributed by atoms with Crippen LogP contribution in [-0.4, -0.2) is 11.2 Å². The first-order valence-corrected chi connectivity index (χ1v) is 8.35. The molecule has 0 heterocycles. The molecule has 1 aliphatic rings. The van der Waals surface area contributed by atoms with Crippen molar-refractivity contribution in [2.75, 3.05) is 10.6 Å². The minimum Gasteiger partial charge on any atom is -0.326 e. The van der Waals surface area contributed by atoms with Gasteiger partial charge in [0, 0.05) is 17.4 Å². The fourth-order valence-electron chi connectivity index (χ4n) is 2.76. The lowest BCUT2D eigenvalue weighted by atomic mass is 10.0. The van der Waals surface area contributed by atoms with E-state index >= 15 is 0 Å². The van der Waals surface area contributed by atoms with Crippen LogP contribution in [-0.2, 0) is 11.2 Å².